The smallest absolute Gasteiger partial charge is 0.387 e. The molecule has 140 valence electrons. The maximum absolute atomic E-state index is 12.7. The van der Waals surface area contributed by atoms with Crippen molar-refractivity contribution in [2.24, 2.45) is 10.7 Å². The number of hydrogen-bond acceptors (Lipinski definition) is 3. The average Bonchev–Trinajstić information content (AvgIpc) is 2.54. The molecule has 0 fully saturated rings. The lowest BCUT2D eigenvalue weighted by atomic mass is 10.1. The van der Waals surface area contributed by atoms with Gasteiger partial charge in [-0.3, -0.25) is 0 Å². The standard InChI is InChI=1S/C19H23F2N3O2/c1-4-25-16-7-5-6-14(17(16)26-18(20)21)11-23-19(22)24-15-9-12(2)8-13(3)10-15/h5-10,18H,4,11H2,1-3H3,(H3,22,23,24). The highest BCUT2D eigenvalue weighted by molar-refractivity contribution is 5.92. The first-order valence-corrected chi connectivity index (χ1v) is 8.23. The Morgan fingerprint density at radius 1 is 1.19 bits per heavy atom. The number of benzene rings is 2. The Morgan fingerprint density at radius 2 is 1.88 bits per heavy atom. The van der Waals surface area contributed by atoms with Crippen molar-refractivity contribution >= 4 is 11.6 Å². The van der Waals surface area contributed by atoms with Crippen molar-refractivity contribution in [2.75, 3.05) is 11.9 Å². The van der Waals surface area contributed by atoms with Gasteiger partial charge in [-0.15, -0.1) is 0 Å². The number of nitrogens with one attached hydrogen (secondary N) is 1. The molecule has 26 heavy (non-hydrogen) atoms. The number of guanidine groups is 1. The topological polar surface area (TPSA) is 68.9 Å². The molecule has 0 bridgehead atoms. The van der Waals surface area contributed by atoms with Crippen molar-refractivity contribution < 1.29 is 18.3 Å². The molecule has 0 aliphatic rings. The molecule has 0 heterocycles. The van der Waals surface area contributed by atoms with Crippen molar-refractivity contribution in [1.29, 1.82) is 0 Å². The van der Waals surface area contributed by atoms with Gasteiger partial charge in [-0.05, 0) is 50.1 Å². The normalized spacial score (nSPS) is 11.5. The molecule has 3 N–H and O–H groups in total. The van der Waals surface area contributed by atoms with Crippen molar-refractivity contribution in [3.63, 3.8) is 0 Å². The molecular formula is C19H23F2N3O2. The first-order valence-electron chi connectivity index (χ1n) is 8.23. The molecule has 7 heteroatoms. The van der Waals surface area contributed by atoms with E-state index in [2.05, 4.69) is 15.0 Å². The fourth-order valence-corrected chi connectivity index (χ4v) is 2.58. The molecule has 2 aromatic rings. The van der Waals surface area contributed by atoms with E-state index in [1.54, 1.807) is 25.1 Å². The van der Waals surface area contributed by atoms with Crippen molar-refractivity contribution in [3.8, 4) is 11.5 Å². The number of nitrogens with two attached hydrogens (primary N) is 1. The second-order valence-corrected chi connectivity index (χ2v) is 5.76. The fourth-order valence-electron chi connectivity index (χ4n) is 2.58. The molecular weight excluding hydrogens is 340 g/mol. The summed E-state index contributed by atoms with van der Waals surface area (Å²) in [6.45, 7) is 3.19. The fraction of sp³-hybridized carbons (Fsp3) is 0.316. The van der Waals surface area contributed by atoms with Crippen LogP contribution in [0.2, 0.25) is 0 Å². The number of rotatable bonds is 7. The molecule has 2 rings (SSSR count). The summed E-state index contributed by atoms with van der Waals surface area (Å²) in [6.07, 6.45) is 0. The first-order chi connectivity index (χ1) is 12.4. The Bertz CT molecular complexity index is 759. The van der Waals surface area contributed by atoms with Crippen LogP contribution >= 0.6 is 0 Å². The van der Waals surface area contributed by atoms with Gasteiger partial charge in [-0.2, -0.15) is 8.78 Å². The highest BCUT2D eigenvalue weighted by atomic mass is 19.3. The molecule has 5 nitrogen and oxygen atoms in total. The van der Waals surface area contributed by atoms with Gasteiger partial charge in [-0.25, -0.2) is 4.99 Å². The van der Waals surface area contributed by atoms with Gasteiger partial charge in [-0.1, -0.05) is 18.2 Å². The van der Waals surface area contributed by atoms with Gasteiger partial charge < -0.3 is 20.5 Å². The van der Waals surface area contributed by atoms with E-state index in [1.165, 1.54) is 0 Å². The largest absolute Gasteiger partial charge is 0.490 e. The maximum atomic E-state index is 12.7. The number of ether oxygens (including phenoxy) is 2. The Kier molecular flexibility index (Phi) is 6.77. The molecule has 0 unspecified atom stereocenters. The second kappa shape index (κ2) is 9.03. The van der Waals surface area contributed by atoms with Gasteiger partial charge >= 0.3 is 6.61 Å². The van der Waals surface area contributed by atoms with Crippen LogP contribution in [0.3, 0.4) is 0 Å². The van der Waals surface area contributed by atoms with E-state index in [0.29, 0.717) is 12.2 Å². The van der Waals surface area contributed by atoms with Crippen molar-refractivity contribution in [3.05, 3.63) is 53.1 Å². The van der Waals surface area contributed by atoms with Crippen LogP contribution in [-0.2, 0) is 6.54 Å². The summed E-state index contributed by atoms with van der Waals surface area (Å²) in [5.74, 6) is 0.411. The predicted molar refractivity (Wildman–Crippen MR) is 99.1 cm³/mol. The number of halogens is 2. The molecule has 0 amide bonds. The number of alkyl halides is 2. The van der Waals surface area contributed by atoms with Crippen molar-refractivity contribution in [1.82, 2.24) is 0 Å². The van der Waals surface area contributed by atoms with Crippen LogP contribution in [0.4, 0.5) is 14.5 Å². The van der Waals surface area contributed by atoms with Gasteiger partial charge in [0, 0.05) is 11.3 Å². The van der Waals surface area contributed by atoms with E-state index in [9.17, 15) is 8.78 Å². The zero-order valence-corrected chi connectivity index (χ0v) is 15.1. The molecule has 0 radical (unpaired) electrons. The zero-order valence-electron chi connectivity index (χ0n) is 15.1. The molecule has 0 aliphatic carbocycles. The summed E-state index contributed by atoms with van der Waals surface area (Å²) < 4.78 is 35.4. The predicted octanol–water partition coefficient (Wildman–Crippen LogP) is 4.23. The molecule has 0 saturated carbocycles. The summed E-state index contributed by atoms with van der Waals surface area (Å²) in [6, 6.07) is 10.8. The van der Waals surface area contributed by atoms with Crippen molar-refractivity contribution in [2.45, 2.75) is 33.9 Å². The maximum Gasteiger partial charge on any atom is 0.387 e. The highest BCUT2D eigenvalue weighted by Crippen LogP contribution is 2.33. The minimum absolute atomic E-state index is 0.0210. The van der Waals surface area contributed by atoms with E-state index in [1.807, 2.05) is 32.0 Å². The number of aryl methyl sites for hydroxylation is 2. The van der Waals surface area contributed by atoms with E-state index in [0.717, 1.165) is 16.8 Å². The number of para-hydroxylation sites is 1. The highest BCUT2D eigenvalue weighted by Gasteiger charge is 2.15. The summed E-state index contributed by atoms with van der Waals surface area (Å²) in [7, 11) is 0. The number of aliphatic imine (C=N–C) groups is 1. The molecule has 0 atom stereocenters. The van der Waals surface area contributed by atoms with Gasteiger partial charge in [0.1, 0.15) is 0 Å². The summed E-state index contributed by atoms with van der Waals surface area (Å²) in [5, 5.41) is 3.00. The van der Waals surface area contributed by atoms with Crippen LogP contribution in [0.1, 0.15) is 23.6 Å². The van der Waals surface area contributed by atoms with Crippen LogP contribution in [0.15, 0.2) is 41.4 Å². The SMILES string of the molecule is CCOc1cccc(CN=C(N)Nc2cc(C)cc(C)c2)c1OC(F)F. The molecule has 0 aliphatic heterocycles. The van der Waals surface area contributed by atoms with E-state index in [4.69, 9.17) is 10.5 Å². The summed E-state index contributed by atoms with van der Waals surface area (Å²) in [5.41, 5.74) is 9.39. The molecule has 0 saturated heterocycles. The van der Waals surface area contributed by atoms with E-state index < -0.39 is 6.61 Å². The Hall–Kier alpha value is -2.83. The molecule has 0 spiro atoms. The van der Waals surface area contributed by atoms with Gasteiger partial charge in [0.15, 0.2) is 17.5 Å². The lowest BCUT2D eigenvalue weighted by molar-refractivity contribution is -0.0520. The number of nitrogens with zero attached hydrogens (tertiary/aromatic N) is 1. The van der Waals surface area contributed by atoms with Crippen LogP contribution in [0, 0.1) is 13.8 Å². The Morgan fingerprint density at radius 3 is 2.50 bits per heavy atom. The third-order valence-electron chi connectivity index (χ3n) is 3.48. The third-order valence-corrected chi connectivity index (χ3v) is 3.48. The Balaban J connectivity index is 2.18. The lowest BCUT2D eigenvalue weighted by Crippen LogP contribution is -2.22. The average molecular weight is 363 g/mol. The molecule has 2 aromatic carbocycles. The van der Waals surface area contributed by atoms with Crippen LogP contribution < -0.4 is 20.5 Å². The second-order valence-electron chi connectivity index (χ2n) is 5.76. The van der Waals surface area contributed by atoms with Crippen LogP contribution in [-0.4, -0.2) is 19.2 Å². The monoisotopic (exact) mass is 363 g/mol. The van der Waals surface area contributed by atoms with Gasteiger partial charge in [0.25, 0.3) is 0 Å². The first kappa shape index (κ1) is 19.5. The minimum Gasteiger partial charge on any atom is -0.490 e. The van der Waals surface area contributed by atoms with E-state index >= 15 is 0 Å². The van der Waals surface area contributed by atoms with E-state index in [-0.39, 0.29) is 24.0 Å². The summed E-state index contributed by atoms with van der Waals surface area (Å²) in [4.78, 5) is 4.22. The van der Waals surface area contributed by atoms with Crippen LogP contribution in [0.25, 0.3) is 0 Å². The third kappa shape index (κ3) is 5.61. The zero-order chi connectivity index (χ0) is 19.1. The minimum atomic E-state index is -2.95. The number of anilines is 1. The lowest BCUT2D eigenvalue weighted by Gasteiger charge is -2.14. The van der Waals surface area contributed by atoms with Gasteiger partial charge in [0.05, 0.1) is 13.2 Å². The molecule has 0 aromatic heterocycles. The van der Waals surface area contributed by atoms with Crippen LogP contribution in [0.5, 0.6) is 11.5 Å². The quantitative estimate of drug-likeness (QED) is 0.571. The van der Waals surface area contributed by atoms with Gasteiger partial charge in [0.2, 0.25) is 0 Å². The Labute approximate surface area is 151 Å². The summed E-state index contributed by atoms with van der Waals surface area (Å²) >= 11 is 0. The number of hydrogen-bond donors (Lipinski definition) is 2.